The lowest BCUT2D eigenvalue weighted by Gasteiger charge is -2.22. The molecule has 2 aromatic heterocycles. The van der Waals surface area contributed by atoms with Crippen molar-refractivity contribution >= 4 is 67.9 Å². The van der Waals surface area contributed by atoms with Gasteiger partial charge in [0, 0.05) is 33.7 Å². The number of rotatable bonds is 16. The van der Waals surface area contributed by atoms with Crippen LogP contribution in [-0.4, -0.2) is 46.5 Å². The highest BCUT2D eigenvalue weighted by Gasteiger charge is 2.42. The van der Waals surface area contributed by atoms with Gasteiger partial charge in [0.15, 0.2) is 0 Å². The highest BCUT2D eigenvalue weighted by Crippen LogP contribution is 2.47. The first-order valence-electron chi connectivity index (χ1n) is 15.7. The molecule has 234 valence electrons. The maximum absolute atomic E-state index is 13.4. The Kier molecular flexibility index (Phi) is 13.0. The van der Waals surface area contributed by atoms with E-state index in [2.05, 4.69) is 40.9 Å². The number of amides is 4. The molecule has 0 N–H and O–H groups in total. The second-order valence-corrected chi connectivity index (χ2v) is 13.9. The number of hydrogen-bond donors (Lipinski definition) is 0. The van der Waals surface area contributed by atoms with Gasteiger partial charge < -0.3 is 0 Å². The molecule has 0 aromatic carbocycles. The number of hydrogen-bond acceptors (Lipinski definition) is 7. The third-order valence-electron chi connectivity index (χ3n) is 8.17. The molecular weight excluding hydrogens is 597 g/mol. The molecule has 4 amide bonds. The van der Waals surface area contributed by atoms with Crippen LogP contribution in [0.1, 0.15) is 144 Å². The van der Waals surface area contributed by atoms with E-state index in [9.17, 15) is 19.2 Å². The lowest BCUT2D eigenvalue weighted by atomic mass is 9.99. The Morgan fingerprint density at radius 2 is 1.07 bits per heavy atom. The van der Waals surface area contributed by atoms with Crippen molar-refractivity contribution < 1.29 is 19.2 Å². The molecule has 0 aliphatic carbocycles. The Morgan fingerprint density at radius 3 is 1.40 bits per heavy atom. The number of unbranched alkanes of at least 4 members (excludes halogenated alkanes) is 2. The summed E-state index contributed by atoms with van der Waals surface area (Å²) in [5, 5.41) is 3.50. The van der Waals surface area contributed by atoms with E-state index in [1.807, 2.05) is 13.8 Å². The molecule has 0 fully saturated rings. The second-order valence-electron chi connectivity index (χ2n) is 10.9. The highest BCUT2D eigenvalue weighted by molar-refractivity contribution is 8.16. The van der Waals surface area contributed by atoms with Crippen molar-refractivity contribution in [2.75, 3.05) is 13.1 Å². The first-order valence-corrected chi connectivity index (χ1v) is 18.3. The number of carbonyl (C=O) groups is 4. The number of thioether (sulfide) groups is 1. The fourth-order valence-electron chi connectivity index (χ4n) is 5.53. The van der Waals surface area contributed by atoms with Gasteiger partial charge in [-0.3, -0.25) is 29.0 Å². The fraction of sp³-hybridized carbons (Fsp3) is 0.529. The van der Waals surface area contributed by atoms with E-state index in [1.165, 1.54) is 44.2 Å². The van der Waals surface area contributed by atoms with Crippen LogP contribution in [0.2, 0.25) is 0 Å². The molecule has 4 heterocycles. The summed E-state index contributed by atoms with van der Waals surface area (Å²) >= 11 is 3.95. The fourth-order valence-corrected chi connectivity index (χ4v) is 8.56. The van der Waals surface area contributed by atoms with Crippen molar-refractivity contribution in [3.8, 4) is 0 Å². The maximum Gasteiger partial charge on any atom is 0.263 e. The Morgan fingerprint density at radius 1 is 0.698 bits per heavy atom. The molecule has 0 saturated carbocycles. The molecule has 0 radical (unpaired) electrons. The molecule has 9 heteroatoms. The first kappa shape index (κ1) is 35.0. The van der Waals surface area contributed by atoms with E-state index < -0.39 is 0 Å². The molecule has 0 bridgehead atoms. The Balaban J connectivity index is 0.00000248. The minimum atomic E-state index is -0.259. The minimum Gasteiger partial charge on any atom is -0.274 e. The molecule has 6 nitrogen and oxygen atoms in total. The largest absolute Gasteiger partial charge is 0.274 e. The van der Waals surface area contributed by atoms with Crippen molar-refractivity contribution in [2.24, 2.45) is 11.8 Å². The standard InChI is InChI=1S/C32H40N2O4S3.C2H6/c1-7-11-13-21(9-3)15-33-29(35)23-17-39-27(25(23)31(33)37)19(5)41-20(6)28-26-24(18-40-28)30(36)34(32(26)38)16-22(10-4)14-12-8-2;1-2/h17-18,21-22H,5-16H2,1-4H3;1-2H3. The number of carbonyl (C=O) groups excluding carboxylic acids is 4. The molecule has 2 aromatic rings. The zero-order chi connectivity index (χ0) is 31.8. The van der Waals surface area contributed by atoms with Crippen LogP contribution in [0.3, 0.4) is 0 Å². The van der Waals surface area contributed by atoms with Gasteiger partial charge in [-0.25, -0.2) is 0 Å². The van der Waals surface area contributed by atoms with Gasteiger partial charge in [0.05, 0.1) is 32.0 Å². The van der Waals surface area contributed by atoms with E-state index in [0.717, 1.165) is 51.4 Å². The van der Waals surface area contributed by atoms with Crippen LogP contribution >= 0.6 is 34.4 Å². The minimum absolute atomic E-state index is 0.233. The van der Waals surface area contributed by atoms with Gasteiger partial charge in [0.25, 0.3) is 23.6 Å². The third-order valence-corrected chi connectivity index (χ3v) is 11.4. The van der Waals surface area contributed by atoms with Gasteiger partial charge in [-0.2, -0.15) is 0 Å². The van der Waals surface area contributed by atoms with Gasteiger partial charge in [0.2, 0.25) is 0 Å². The van der Waals surface area contributed by atoms with Crippen LogP contribution in [0.5, 0.6) is 0 Å². The van der Waals surface area contributed by atoms with Crippen LogP contribution in [-0.2, 0) is 0 Å². The lowest BCUT2D eigenvalue weighted by molar-refractivity contribution is 0.0609. The molecular formula is C34H46N2O4S3. The number of thiophene rings is 2. The van der Waals surface area contributed by atoms with Crippen LogP contribution in [0.15, 0.2) is 23.9 Å². The molecule has 4 rings (SSSR count). The van der Waals surface area contributed by atoms with Crippen LogP contribution in [0.25, 0.3) is 9.81 Å². The van der Waals surface area contributed by atoms with E-state index in [0.29, 0.717) is 54.9 Å². The summed E-state index contributed by atoms with van der Waals surface area (Å²) in [5.41, 5.74) is 1.72. The quantitative estimate of drug-likeness (QED) is 0.170. The van der Waals surface area contributed by atoms with Crippen LogP contribution < -0.4 is 0 Å². The third kappa shape index (κ3) is 7.26. The summed E-state index contributed by atoms with van der Waals surface area (Å²) in [6.07, 6.45) is 8.14. The van der Waals surface area contributed by atoms with E-state index in [1.54, 1.807) is 10.8 Å². The summed E-state index contributed by atoms with van der Waals surface area (Å²) in [5.74, 6) is -0.406. The van der Waals surface area contributed by atoms with Crippen LogP contribution in [0.4, 0.5) is 0 Å². The van der Waals surface area contributed by atoms with Crippen molar-refractivity contribution in [2.45, 2.75) is 92.9 Å². The summed E-state index contributed by atoms with van der Waals surface area (Å²) in [6, 6.07) is 0. The van der Waals surface area contributed by atoms with Gasteiger partial charge in [-0.1, -0.05) is 105 Å². The zero-order valence-electron chi connectivity index (χ0n) is 26.5. The van der Waals surface area contributed by atoms with Crippen molar-refractivity contribution in [3.05, 3.63) is 55.9 Å². The van der Waals surface area contributed by atoms with Gasteiger partial charge in [-0.05, 0) is 24.7 Å². The van der Waals surface area contributed by atoms with Gasteiger partial charge >= 0.3 is 0 Å². The normalized spacial score (nSPS) is 15.4. The molecule has 0 saturated heterocycles. The average molecular weight is 643 g/mol. The topological polar surface area (TPSA) is 74.8 Å². The maximum atomic E-state index is 13.4. The van der Waals surface area contributed by atoms with Gasteiger partial charge in [0.1, 0.15) is 0 Å². The molecule has 2 aliphatic heterocycles. The highest BCUT2D eigenvalue weighted by atomic mass is 32.2. The smallest absolute Gasteiger partial charge is 0.263 e. The van der Waals surface area contributed by atoms with Crippen molar-refractivity contribution in [3.63, 3.8) is 0 Å². The Bertz CT molecular complexity index is 1270. The number of fused-ring (bicyclic) bond motifs is 2. The Hall–Kier alpha value is -2.49. The number of nitrogens with zero attached hydrogens (tertiary/aromatic N) is 2. The predicted molar refractivity (Wildman–Crippen MR) is 183 cm³/mol. The predicted octanol–water partition coefficient (Wildman–Crippen LogP) is 9.84. The average Bonchev–Trinajstić information content (AvgIpc) is 3.75. The van der Waals surface area contributed by atoms with E-state index in [-0.39, 0.29) is 35.5 Å². The van der Waals surface area contributed by atoms with E-state index >= 15 is 0 Å². The van der Waals surface area contributed by atoms with E-state index in [4.69, 9.17) is 0 Å². The second kappa shape index (κ2) is 16.0. The Labute approximate surface area is 269 Å². The lowest BCUT2D eigenvalue weighted by Crippen LogP contribution is -2.34. The SMILES string of the molecule is C=C(SC(=C)c1scc2c1C(=O)N(CC(CC)CCCC)C2=O)c1scc2c1C(=O)N(CC(CC)CCCC)C2=O.CC. The summed E-state index contributed by atoms with van der Waals surface area (Å²) in [7, 11) is 0. The monoisotopic (exact) mass is 642 g/mol. The number of imide groups is 2. The zero-order valence-corrected chi connectivity index (χ0v) is 29.0. The summed E-state index contributed by atoms with van der Waals surface area (Å²) in [6.45, 7) is 21.8. The molecule has 0 spiro atoms. The van der Waals surface area contributed by atoms with Crippen LogP contribution in [0, 0.1) is 11.8 Å². The molecule has 2 atom stereocenters. The summed E-state index contributed by atoms with van der Waals surface area (Å²) in [4.78, 5) is 58.5. The molecule has 43 heavy (non-hydrogen) atoms. The van der Waals surface area contributed by atoms with Crippen molar-refractivity contribution in [1.29, 1.82) is 0 Å². The molecule has 2 aliphatic rings. The van der Waals surface area contributed by atoms with Crippen molar-refractivity contribution in [1.82, 2.24) is 9.80 Å². The molecule has 2 unspecified atom stereocenters. The summed E-state index contributed by atoms with van der Waals surface area (Å²) < 4.78 is 0. The van der Waals surface area contributed by atoms with Gasteiger partial charge in [-0.15, -0.1) is 22.7 Å². The first-order chi connectivity index (χ1) is 20.7.